The van der Waals surface area contributed by atoms with Crippen LogP contribution in [0.5, 0.6) is 5.75 Å². The second kappa shape index (κ2) is 15.2. The van der Waals surface area contributed by atoms with E-state index in [-0.39, 0.29) is 29.5 Å². The molecule has 0 spiro atoms. The molecule has 0 heterocycles. The highest BCUT2D eigenvalue weighted by Gasteiger charge is 2.35. The molecule has 1 N–H and O–H groups in total. The van der Waals surface area contributed by atoms with Gasteiger partial charge >= 0.3 is 0 Å². The number of ether oxygens (including phenoxy) is 1. The van der Waals surface area contributed by atoms with Gasteiger partial charge in [-0.3, -0.25) is 13.9 Å². The average Bonchev–Trinajstić information content (AvgIpc) is 3.03. The van der Waals surface area contributed by atoms with Crippen molar-refractivity contribution in [3.63, 3.8) is 0 Å². The Morgan fingerprint density at radius 2 is 1.45 bits per heavy atom. The van der Waals surface area contributed by atoms with E-state index in [9.17, 15) is 18.0 Å². The minimum Gasteiger partial charge on any atom is -0.492 e. The van der Waals surface area contributed by atoms with Gasteiger partial charge < -0.3 is 15.0 Å². The Labute approximate surface area is 260 Å². The van der Waals surface area contributed by atoms with Gasteiger partial charge in [-0.05, 0) is 56.2 Å². The van der Waals surface area contributed by atoms with E-state index >= 15 is 0 Å². The Kier molecular flexibility index (Phi) is 11.2. The van der Waals surface area contributed by atoms with E-state index in [1.807, 2.05) is 75.4 Å². The summed E-state index contributed by atoms with van der Waals surface area (Å²) in [6, 6.07) is 31.0. The van der Waals surface area contributed by atoms with Crippen LogP contribution in [0.1, 0.15) is 30.5 Å². The summed E-state index contributed by atoms with van der Waals surface area (Å²) in [6.07, 6.45) is 0.255. The maximum absolute atomic E-state index is 14.5. The zero-order chi connectivity index (χ0) is 31.5. The van der Waals surface area contributed by atoms with Crippen LogP contribution in [0.25, 0.3) is 0 Å². The third-order valence-corrected chi connectivity index (χ3v) is 8.88. The lowest BCUT2D eigenvalue weighted by Gasteiger charge is -2.34. The molecular weight excluding hydrogens is 574 g/mol. The Balaban J connectivity index is 1.82. The Morgan fingerprint density at radius 1 is 0.818 bits per heavy atom. The number of para-hydroxylation sites is 2. The Bertz CT molecular complexity index is 1650. The van der Waals surface area contributed by atoms with Crippen LogP contribution >= 0.6 is 0 Å². The quantitative estimate of drug-likeness (QED) is 0.207. The van der Waals surface area contributed by atoms with Crippen LogP contribution in [0.2, 0.25) is 0 Å². The summed E-state index contributed by atoms with van der Waals surface area (Å²) in [5.41, 5.74) is 2.94. The first kappa shape index (κ1) is 32.3. The van der Waals surface area contributed by atoms with Crippen molar-refractivity contribution < 1.29 is 22.7 Å². The highest BCUT2D eigenvalue weighted by Crippen LogP contribution is 2.33. The molecule has 2 amide bonds. The first-order chi connectivity index (χ1) is 21.2. The van der Waals surface area contributed by atoms with E-state index in [0.717, 1.165) is 21.0 Å². The second-order valence-corrected chi connectivity index (χ2v) is 12.2. The van der Waals surface area contributed by atoms with E-state index in [1.165, 1.54) is 17.0 Å². The largest absolute Gasteiger partial charge is 0.492 e. The molecule has 0 aromatic heterocycles. The molecule has 4 aromatic rings. The molecule has 1 atom stereocenters. The topological polar surface area (TPSA) is 96.0 Å². The summed E-state index contributed by atoms with van der Waals surface area (Å²) in [4.78, 5) is 29.6. The molecule has 0 unspecified atom stereocenters. The minimum atomic E-state index is -4.21. The van der Waals surface area contributed by atoms with Crippen molar-refractivity contribution in [2.45, 2.75) is 44.7 Å². The lowest BCUT2D eigenvalue weighted by atomic mass is 10.0. The van der Waals surface area contributed by atoms with E-state index in [2.05, 4.69) is 5.32 Å². The molecule has 44 heavy (non-hydrogen) atoms. The second-order valence-electron chi connectivity index (χ2n) is 10.3. The predicted octanol–water partition coefficient (Wildman–Crippen LogP) is 5.37. The number of hydrogen-bond donors (Lipinski definition) is 1. The van der Waals surface area contributed by atoms with Gasteiger partial charge in [-0.25, -0.2) is 8.42 Å². The number of carbonyl (C=O) groups is 2. The normalized spacial score (nSPS) is 11.8. The number of hydrogen-bond acceptors (Lipinski definition) is 5. The molecule has 0 aliphatic carbocycles. The highest BCUT2D eigenvalue weighted by atomic mass is 32.2. The molecule has 0 aliphatic rings. The number of nitrogens with zero attached hydrogens (tertiary/aromatic N) is 2. The monoisotopic (exact) mass is 613 g/mol. The lowest BCUT2D eigenvalue weighted by Crippen LogP contribution is -2.53. The molecule has 0 bridgehead atoms. The number of likely N-dealkylation sites (N-methyl/N-ethyl adjacent to an activating group) is 1. The maximum atomic E-state index is 14.5. The van der Waals surface area contributed by atoms with Crippen LogP contribution < -0.4 is 14.4 Å². The van der Waals surface area contributed by atoms with Crippen molar-refractivity contribution in [2.75, 3.05) is 24.0 Å². The van der Waals surface area contributed by atoms with Gasteiger partial charge in [0.1, 0.15) is 18.3 Å². The smallest absolute Gasteiger partial charge is 0.264 e. The molecule has 4 aromatic carbocycles. The van der Waals surface area contributed by atoms with Gasteiger partial charge in [-0.15, -0.1) is 0 Å². The molecule has 4 rings (SSSR count). The van der Waals surface area contributed by atoms with E-state index < -0.39 is 28.5 Å². The van der Waals surface area contributed by atoms with E-state index in [1.54, 1.807) is 42.5 Å². The third kappa shape index (κ3) is 8.05. The van der Waals surface area contributed by atoms with Crippen LogP contribution in [-0.2, 0) is 32.6 Å². The predicted molar refractivity (Wildman–Crippen MR) is 173 cm³/mol. The first-order valence-electron chi connectivity index (χ1n) is 14.7. The fraction of sp³-hybridized carbons (Fsp3) is 0.257. The SMILES string of the molecule is CCNC(=O)[C@@H](Cc1ccccc1)N(Cc1cccc(C)c1)C(=O)CN(c1ccccc1OCC)S(=O)(=O)c1ccccc1. The fourth-order valence-electron chi connectivity index (χ4n) is 5.03. The van der Waals surface area contributed by atoms with Crippen molar-refractivity contribution in [2.24, 2.45) is 0 Å². The summed E-state index contributed by atoms with van der Waals surface area (Å²) in [6.45, 7) is 5.84. The van der Waals surface area contributed by atoms with Crippen LogP contribution in [0.15, 0.2) is 114 Å². The summed E-state index contributed by atoms with van der Waals surface area (Å²) < 4.78 is 35.2. The molecule has 0 saturated heterocycles. The van der Waals surface area contributed by atoms with Crippen LogP contribution in [0, 0.1) is 6.92 Å². The zero-order valence-electron chi connectivity index (χ0n) is 25.3. The van der Waals surface area contributed by atoms with Gasteiger partial charge in [0.05, 0.1) is 17.2 Å². The standard InChI is InChI=1S/C35H39N3O5S/c1-4-36-35(40)32(24-28-16-8-6-9-17-28)37(25-29-18-14-15-27(3)23-29)34(39)26-38(31-21-12-13-22-33(31)43-5-2)44(41,42)30-19-10-7-11-20-30/h6-23,32H,4-5,24-26H2,1-3H3,(H,36,40)/t32-/m1/s1. The molecule has 230 valence electrons. The van der Waals surface area contributed by atoms with E-state index in [4.69, 9.17) is 4.74 Å². The number of aryl methyl sites for hydroxylation is 1. The van der Waals surface area contributed by atoms with E-state index in [0.29, 0.717) is 18.9 Å². The number of nitrogens with one attached hydrogen (secondary N) is 1. The van der Waals surface area contributed by atoms with Crippen molar-refractivity contribution in [3.05, 3.63) is 126 Å². The van der Waals surface area contributed by atoms with Crippen LogP contribution in [-0.4, -0.2) is 50.9 Å². The molecule has 9 heteroatoms. The number of amides is 2. The maximum Gasteiger partial charge on any atom is 0.264 e. The fourth-order valence-corrected chi connectivity index (χ4v) is 6.47. The number of rotatable bonds is 14. The molecule has 0 aliphatic heterocycles. The van der Waals surface area contributed by atoms with Crippen molar-refractivity contribution >= 4 is 27.5 Å². The van der Waals surface area contributed by atoms with Crippen molar-refractivity contribution in [3.8, 4) is 5.75 Å². The van der Waals surface area contributed by atoms with Gasteiger partial charge in [0.2, 0.25) is 11.8 Å². The average molecular weight is 614 g/mol. The number of anilines is 1. The zero-order valence-corrected chi connectivity index (χ0v) is 26.2. The summed E-state index contributed by atoms with van der Waals surface area (Å²) in [5.74, 6) is -0.508. The van der Waals surface area contributed by atoms with Crippen LogP contribution in [0.4, 0.5) is 5.69 Å². The first-order valence-corrected chi connectivity index (χ1v) is 16.1. The molecule has 0 radical (unpaired) electrons. The van der Waals surface area contributed by atoms with Crippen LogP contribution in [0.3, 0.4) is 0 Å². The Morgan fingerprint density at radius 3 is 2.11 bits per heavy atom. The molecular formula is C35H39N3O5S. The third-order valence-electron chi connectivity index (χ3n) is 7.10. The summed E-state index contributed by atoms with van der Waals surface area (Å²) in [5, 5.41) is 2.88. The van der Waals surface area contributed by atoms with Gasteiger partial charge in [0.15, 0.2) is 0 Å². The molecule has 0 saturated carbocycles. The lowest BCUT2D eigenvalue weighted by molar-refractivity contribution is -0.140. The number of benzene rings is 4. The van der Waals surface area contributed by atoms with Gasteiger partial charge in [0.25, 0.3) is 10.0 Å². The van der Waals surface area contributed by atoms with Gasteiger partial charge in [-0.1, -0.05) is 90.5 Å². The summed E-state index contributed by atoms with van der Waals surface area (Å²) >= 11 is 0. The number of sulfonamides is 1. The molecule has 0 fully saturated rings. The van der Waals surface area contributed by atoms with Gasteiger partial charge in [-0.2, -0.15) is 0 Å². The molecule has 8 nitrogen and oxygen atoms in total. The highest BCUT2D eigenvalue weighted by molar-refractivity contribution is 7.92. The number of carbonyl (C=O) groups excluding carboxylic acids is 2. The van der Waals surface area contributed by atoms with Crippen molar-refractivity contribution in [1.29, 1.82) is 0 Å². The van der Waals surface area contributed by atoms with Gasteiger partial charge in [0, 0.05) is 19.5 Å². The Hall–Kier alpha value is -4.63. The minimum absolute atomic E-state index is 0.0360. The van der Waals surface area contributed by atoms with Crippen molar-refractivity contribution in [1.82, 2.24) is 10.2 Å². The summed E-state index contributed by atoms with van der Waals surface area (Å²) in [7, 11) is -4.21.